The normalized spacial score (nSPS) is 27.2. The quantitative estimate of drug-likeness (QED) is 0.491. The van der Waals surface area contributed by atoms with Gasteiger partial charge in [-0.15, -0.1) is 0 Å². The zero-order valence-corrected chi connectivity index (χ0v) is 9.15. The third-order valence-corrected chi connectivity index (χ3v) is 8.58. The average Bonchev–Trinajstić information content (AvgIpc) is 2.08. The van der Waals surface area contributed by atoms with Crippen LogP contribution < -0.4 is 0 Å². The van der Waals surface area contributed by atoms with E-state index in [0.717, 1.165) is 12.8 Å². The molecular formula is C5H7Cl3Ge. The van der Waals surface area contributed by atoms with Gasteiger partial charge in [-0.25, -0.2) is 0 Å². The predicted molar refractivity (Wildman–Crippen MR) is 45.4 cm³/mol. The van der Waals surface area contributed by atoms with Crippen LogP contribution in [0.1, 0.15) is 12.8 Å². The monoisotopic (exact) mass is 246 g/mol. The van der Waals surface area contributed by atoms with Crippen LogP contribution in [0.5, 0.6) is 0 Å². The Bertz CT molecular complexity index is 127. The van der Waals surface area contributed by atoms with Crippen molar-refractivity contribution in [2.45, 2.75) is 17.6 Å². The molecule has 0 fully saturated rings. The molecule has 0 bridgehead atoms. The Hall–Kier alpha value is 1.15. The Kier molecular flexibility index (Phi) is 2.78. The third-order valence-electron chi connectivity index (χ3n) is 1.43. The van der Waals surface area contributed by atoms with Gasteiger partial charge < -0.3 is 0 Å². The van der Waals surface area contributed by atoms with Gasteiger partial charge >= 0.3 is 70.3 Å². The summed E-state index contributed by atoms with van der Waals surface area (Å²) >= 11 is 0. The van der Waals surface area contributed by atoms with Crippen LogP contribution in [0.4, 0.5) is 0 Å². The summed E-state index contributed by atoms with van der Waals surface area (Å²) in [6, 6.07) is 0. The predicted octanol–water partition coefficient (Wildman–Crippen LogP) is 3.36. The molecule has 0 N–H and O–H groups in total. The van der Waals surface area contributed by atoms with E-state index in [0.29, 0.717) is 4.75 Å². The van der Waals surface area contributed by atoms with Gasteiger partial charge in [-0.05, 0) is 0 Å². The molecule has 1 rings (SSSR count). The zero-order chi connectivity index (χ0) is 6.91. The molecular weight excluding hydrogens is 239 g/mol. The molecule has 1 aliphatic rings. The van der Waals surface area contributed by atoms with Crippen molar-refractivity contribution in [2.75, 3.05) is 0 Å². The summed E-state index contributed by atoms with van der Waals surface area (Å²) < 4.78 is 0.315. The van der Waals surface area contributed by atoms with E-state index in [-0.39, 0.29) is 0 Å². The molecule has 0 aromatic carbocycles. The fourth-order valence-electron chi connectivity index (χ4n) is 0.905. The van der Waals surface area contributed by atoms with Gasteiger partial charge in [0.2, 0.25) is 0 Å². The Balaban J connectivity index is 2.53. The molecule has 0 radical (unpaired) electrons. The number of allylic oxidation sites excluding steroid dienone is 2. The molecule has 0 amide bonds. The molecule has 0 aromatic heterocycles. The van der Waals surface area contributed by atoms with Gasteiger partial charge in [-0.3, -0.25) is 0 Å². The second kappa shape index (κ2) is 3.04. The number of hydrogen-bond acceptors (Lipinski definition) is 0. The number of hydrogen-bond donors (Lipinski definition) is 0. The van der Waals surface area contributed by atoms with Crippen molar-refractivity contribution < 1.29 is 0 Å². The van der Waals surface area contributed by atoms with Gasteiger partial charge in [0, 0.05) is 0 Å². The first-order valence-corrected chi connectivity index (χ1v) is 12.3. The summed E-state index contributed by atoms with van der Waals surface area (Å²) in [5, 5.41) is 0. The van der Waals surface area contributed by atoms with Gasteiger partial charge in [0.25, 0.3) is 0 Å². The average molecular weight is 246 g/mol. The fourth-order valence-corrected chi connectivity index (χ4v) is 5.52. The van der Waals surface area contributed by atoms with Crippen molar-refractivity contribution in [1.82, 2.24) is 0 Å². The van der Waals surface area contributed by atoms with Crippen molar-refractivity contribution in [2.24, 2.45) is 0 Å². The van der Waals surface area contributed by atoms with Crippen LogP contribution in [-0.2, 0) is 0 Å². The topological polar surface area (TPSA) is 0 Å². The molecule has 0 aliphatic heterocycles. The van der Waals surface area contributed by atoms with Crippen LogP contribution in [0.2, 0.25) is 4.75 Å². The molecule has 0 heterocycles. The number of rotatable bonds is 1. The van der Waals surface area contributed by atoms with Gasteiger partial charge in [-0.1, -0.05) is 0 Å². The second-order valence-electron chi connectivity index (χ2n) is 2.15. The number of halogens is 3. The first-order chi connectivity index (χ1) is 4.11. The second-order valence-corrected chi connectivity index (χ2v) is 18.3. The molecule has 0 spiro atoms. The summed E-state index contributed by atoms with van der Waals surface area (Å²) in [7, 11) is 14.6. The Morgan fingerprint density at radius 3 is 2.22 bits per heavy atom. The Morgan fingerprint density at radius 2 is 2.00 bits per heavy atom. The van der Waals surface area contributed by atoms with Crippen molar-refractivity contribution in [3.63, 3.8) is 0 Å². The molecule has 52 valence electrons. The standard InChI is InChI=1S/C5H7Cl3Ge/c6-9(7,8)5-3-1-2-4-5/h1,3,5H,2,4H2. The maximum absolute atomic E-state index is 5.81. The minimum atomic E-state index is -2.85. The van der Waals surface area contributed by atoms with Crippen LogP contribution in [0.25, 0.3) is 0 Å². The van der Waals surface area contributed by atoms with Crippen LogP contribution in [0.15, 0.2) is 12.2 Å². The van der Waals surface area contributed by atoms with Crippen LogP contribution in [0.3, 0.4) is 0 Å². The van der Waals surface area contributed by atoms with Gasteiger partial charge in [0.05, 0.1) is 0 Å². The Morgan fingerprint density at radius 1 is 1.33 bits per heavy atom. The minimum absolute atomic E-state index is 0.315. The van der Waals surface area contributed by atoms with E-state index in [1.165, 1.54) is 0 Å². The van der Waals surface area contributed by atoms with E-state index in [1.807, 2.05) is 6.08 Å². The summed E-state index contributed by atoms with van der Waals surface area (Å²) in [5.41, 5.74) is 0. The van der Waals surface area contributed by atoms with E-state index in [4.69, 9.17) is 30.0 Å². The first kappa shape index (κ1) is 8.25. The van der Waals surface area contributed by atoms with Gasteiger partial charge in [0.1, 0.15) is 0 Å². The molecule has 9 heavy (non-hydrogen) atoms. The molecule has 1 unspecified atom stereocenters. The summed E-state index contributed by atoms with van der Waals surface area (Å²) in [4.78, 5) is 0. The zero-order valence-electron chi connectivity index (χ0n) is 4.78. The molecule has 1 atom stereocenters. The third kappa shape index (κ3) is 2.34. The maximum atomic E-state index is 5.81. The van der Waals surface area contributed by atoms with Crippen molar-refractivity contribution in [3.8, 4) is 0 Å². The van der Waals surface area contributed by atoms with E-state index < -0.39 is 10.5 Å². The van der Waals surface area contributed by atoms with Gasteiger partial charge in [0.15, 0.2) is 0 Å². The van der Waals surface area contributed by atoms with E-state index >= 15 is 0 Å². The molecule has 0 nitrogen and oxygen atoms in total. The molecule has 0 aromatic rings. The fraction of sp³-hybridized carbons (Fsp3) is 0.600. The van der Waals surface area contributed by atoms with Crippen LogP contribution in [0, 0.1) is 0 Å². The van der Waals surface area contributed by atoms with E-state index in [9.17, 15) is 0 Å². The van der Waals surface area contributed by atoms with Crippen LogP contribution in [-0.4, -0.2) is 10.5 Å². The van der Waals surface area contributed by atoms with Crippen molar-refractivity contribution >= 4 is 40.5 Å². The van der Waals surface area contributed by atoms with E-state index in [2.05, 4.69) is 6.08 Å². The van der Waals surface area contributed by atoms with Gasteiger partial charge in [-0.2, -0.15) is 0 Å². The van der Waals surface area contributed by atoms with Crippen molar-refractivity contribution in [1.29, 1.82) is 0 Å². The molecule has 0 saturated heterocycles. The molecule has 0 saturated carbocycles. The SMILES string of the molecule is [Cl][Ge]([Cl])([Cl])[CH]1C=CCC1. The van der Waals surface area contributed by atoms with E-state index in [1.54, 1.807) is 0 Å². The first-order valence-electron chi connectivity index (χ1n) is 2.84. The van der Waals surface area contributed by atoms with Crippen LogP contribution >= 0.6 is 30.0 Å². The molecule has 4 heteroatoms. The summed E-state index contributed by atoms with van der Waals surface area (Å²) in [5.74, 6) is 0. The molecule has 1 aliphatic carbocycles. The summed E-state index contributed by atoms with van der Waals surface area (Å²) in [6.07, 6.45) is 6.28. The van der Waals surface area contributed by atoms with Crippen molar-refractivity contribution in [3.05, 3.63) is 12.2 Å². The summed E-state index contributed by atoms with van der Waals surface area (Å²) in [6.45, 7) is 0. The Labute approximate surface area is 70.1 Å².